The Morgan fingerprint density at radius 1 is 1.23 bits per heavy atom. The number of aliphatic carboxylic acids is 1. The van der Waals surface area contributed by atoms with Crippen molar-refractivity contribution in [1.29, 1.82) is 0 Å². The number of carbonyl (C=O) groups excluding carboxylic acids is 1. The smallest absolute Gasteiger partial charge is 0.305 e. The number of carboxylic acids is 1. The molecule has 2 heterocycles. The van der Waals surface area contributed by atoms with E-state index in [0.717, 1.165) is 17.1 Å². The molecule has 0 radical (unpaired) electrons. The van der Waals surface area contributed by atoms with Gasteiger partial charge < -0.3 is 19.3 Å². The molecule has 0 aliphatic carbocycles. The number of carbonyl (C=O) groups is 2. The summed E-state index contributed by atoms with van der Waals surface area (Å²) in [6.45, 7) is 4.30. The van der Waals surface area contributed by atoms with Gasteiger partial charge in [-0.25, -0.2) is 0 Å². The van der Waals surface area contributed by atoms with Gasteiger partial charge in [-0.2, -0.15) is 0 Å². The molecule has 0 saturated carbocycles. The summed E-state index contributed by atoms with van der Waals surface area (Å²) >= 11 is 0. The highest BCUT2D eigenvalue weighted by molar-refractivity contribution is 5.96. The van der Waals surface area contributed by atoms with Crippen LogP contribution in [0, 0.1) is 13.8 Å². The fraction of sp³-hybridized carbons (Fsp3) is 0.400. The first kappa shape index (κ1) is 18.2. The molecule has 1 aromatic carbocycles. The number of ether oxygens (including phenoxy) is 1. The zero-order chi connectivity index (χ0) is 18.8. The number of nitrogens with zero attached hydrogens (tertiary/aromatic N) is 2. The third kappa shape index (κ3) is 3.37. The van der Waals surface area contributed by atoms with Crippen molar-refractivity contribution in [2.24, 2.45) is 0 Å². The molecule has 0 bridgehead atoms. The third-order valence-electron chi connectivity index (χ3n) is 5.06. The number of hydrogen-bond acceptors (Lipinski definition) is 3. The van der Waals surface area contributed by atoms with E-state index in [-0.39, 0.29) is 24.5 Å². The van der Waals surface area contributed by atoms with E-state index in [9.17, 15) is 14.7 Å². The number of para-hydroxylation sites is 1. The van der Waals surface area contributed by atoms with E-state index >= 15 is 0 Å². The molecule has 2 atom stereocenters. The Bertz CT molecular complexity index is 813. The summed E-state index contributed by atoms with van der Waals surface area (Å²) in [4.78, 5) is 26.0. The van der Waals surface area contributed by atoms with Crippen molar-refractivity contribution >= 4 is 11.9 Å². The third-order valence-corrected chi connectivity index (χ3v) is 5.06. The number of benzene rings is 1. The Kier molecular flexibility index (Phi) is 5.13. The van der Waals surface area contributed by atoms with Gasteiger partial charge in [0, 0.05) is 36.8 Å². The van der Waals surface area contributed by atoms with Gasteiger partial charge in [0.25, 0.3) is 5.91 Å². The lowest BCUT2D eigenvalue weighted by Crippen LogP contribution is -2.37. The number of rotatable bonds is 5. The van der Waals surface area contributed by atoms with Crippen LogP contribution in [0.2, 0.25) is 0 Å². The zero-order valence-corrected chi connectivity index (χ0v) is 15.3. The number of methoxy groups -OCH3 is 1. The lowest BCUT2D eigenvalue weighted by atomic mass is 10.1. The monoisotopic (exact) mass is 356 g/mol. The van der Waals surface area contributed by atoms with Crippen molar-refractivity contribution in [3.63, 3.8) is 0 Å². The number of likely N-dealkylation sites (tertiary alicyclic amines) is 1. The second kappa shape index (κ2) is 7.33. The maximum Gasteiger partial charge on any atom is 0.305 e. The zero-order valence-electron chi connectivity index (χ0n) is 15.3. The highest BCUT2D eigenvalue weighted by Crippen LogP contribution is 2.28. The summed E-state index contributed by atoms with van der Waals surface area (Å²) in [6.07, 6.45) is 0.357. The second-order valence-corrected chi connectivity index (χ2v) is 6.76. The van der Waals surface area contributed by atoms with Crippen molar-refractivity contribution in [1.82, 2.24) is 9.47 Å². The summed E-state index contributed by atoms with van der Waals surface area (Å²) in [7, 11) is 1.59. The molecule has 2 unspecified atom stereocenters. The number of amides is 1. The Balaban J connectivity index is 1.93. The molecule has 1 saturated heterocycles. The van der Waals surface area contributed by atoms with Gasteiger partial charge in [-0.15, -0.1) is 0 Å². The summed E-state index contributed by atoms with van der Waals surface area (Å²) in [5.74, 6) is -1.04. The highest BCUT2D eigenvalue weighted by atomic mass is 16.5. The Hall–Kier alpha value is -2.60. The van der Waals surface area contributed by atoms with E-state index in [1.54, 1.807) is 12.0 Å². The van der Waals surface area contributed by atoms with Crippen LogP contribution in [0.3, 0.4) is 0 Å². The Morgan fingerprint density at radius 2 is 1.92 bits per heavy atom. The normalized spacial score (nSPS) is 19.7. The molecule has 1 amide bonds. The van der Waals surface area contributed by atoms with Crippen LogP contribution in [0.5, 0.6) is 0 Å². The number of hydrogen-bond donors (Lipinski definition) is 1. The van der Waals surface area contributed by atoms with Crippen LogP contribution in [0.4, 0.5) is 0 Å². The molecule has 6 nitrogen and oxygen atoms in total. The van der Waals surface area contributed by atoms with E-state index < -0.39 is 5.97 Å². The molecular weight excluding hydrogens is 332 g/mol. The summed E-state index contributed by atoms with van der Waals surface area (Å²) in [5.41, 5.74) is 3.43. The molecule has 2 aromatic rings. The van der Waals surface area contributed by atoms with E-state index in [0.29, 0.717) is 18.5 Å². The fourth-order valence-corrected chi connectivity index (χ4v) is 3.80. The van der Waals surface area contributed by atoms with Crippen LogP contribution < -0.4 is 0 Å². The largest absolute Gasteiger partial charge is 0.481 e. The van der Waals surface area contributed by atoms with Crippen molar-refractivity contribution in [2.75, 3.05) is 13.7 Å². The number of aromatic nitrogens is 1. The summed E-state index contributed by atoms with van der Waals surface area (Å²) in [6, 6.07) is 11.4. The molecule has 138 valence electrons. The fourth-order valence-electron chi connectivity index (χ4n) is 3.80. The SMILES string of the molecule is COC1CC(CC(=O)O)N(C(=O)c2cc(C)n(-c3ccccc3)c2C)C1. The molecule has 6 heteroatoms. The minimum absolute atomic E-state index is 0.0664. The minimum atomic E-state index is -0.903. The average molecular weight is 356 g/mol. The van der Waals surface area contributed by atoms with E-state index in [2.05, 4.69) is 0 Å². The molecule has 1 aliphatic rings. The standard InChI is InChI=1S/C20H24N2O4/c1-13-9-18(14(2)22(13)15-7-5-4-6-8-15)20(25)21-12-17(26-3)10-16(21)11-19(23)24/h4-9,16-17H,10-12H2,1-3H3,(H,23,24). The van der Waals surface area contributed by atoms with Gasteiger partial charge in [0.2, 0.25) is 0 Å². The number of aryl methyl sites for hydroxylation is 1. The van der Waals surface area contributed by atoms with E-state index in [1.807, 2.05) is 54.8 Å². The molecule has 26 heavy (non-hydrogen) atoms. The lowest BCUT2D eigenvalue weighted by Gasteiger charge is -2.23. The van der Waals surface area contributed by atoms with Gasteiger partial charge in [-0.3, -0.25) is 9.59 Å². The first-order valence-electron chi connectivity index (χ1n) is 8.72. The second-order valence-electron chi connectivity index (χ2n) is 6.76. The van der Waals surface area contributed by atoms with Gasteiger partial charge in [0.1, 0.15) is 0 Å². The topological polar surface area (TPSA) is 71.8 Å². The highest BCUT2D eigenvalue weighted by Gasteiger charge is 2.37. The van der Waals surface area contributed by atoms with Crippen LogP contribution in [0.1, 0.15) is 34.6 Å². The Labute approximate surface area is 153 Å². The molecule has 0 spiro atoms. The minimum Gasteiger partial charge on any atom is -0.481 e. The van der Waals surface area contributed by atoms with Crippen molar-refractivity contribution in [3.8, 4) is 5.69 Å². The molecule has 1 aliphatic heterocycles. The van der Waals surface area contributed by atoms with Gasteiger partial charge in [0.15, 0.2) is 0 Å². The van der Waals surface area contributed by atoms with Crippen LogP contribution in [0.15, 0.2) is 36.4 Å². The van der Waals surface area contributed by atoms with Gasteiger partial charge in [0.05, 0.1) is 18.1 Å². The number of carboxylic acid groups (broad SMARTS) is 1. The lowest BCUT2D eigenvalue weighted by molar-refractivity contribution is -0.137. The average Bonchev–Trinajstić information content (AvgIpc) is 3.15. The van der Waals surface area contributed by atoms with Gasteiger partial charge >= 0.3 is 5.97 Å². The van der Waals surface area contributed by atoms with Gasteiger partial charge in [-0.1, -0.05) is 18.2 Å². The van der Waals surface area contributed by atoms with Crippen LogP contribution in [-0.2, 0) is 9.53 Å². The predicted octanol–water partition coefficient (Wildman–Crippen LogP) is 2.80. The Morgan fingerprint density at radius 3 is 2.54 bits per heavy atom. The maximum absolute atomic E-state index is 13.2. The van der Waals surface area contributed by atoms with Crippen LogP contribution >= 0.6 is 0 Å². The van der Waals surface area contributed by atoms with E-state index in [4.69, 9.17) is 4.74 Å². The van der Waals surface area contributed by atoms with Crippen molar-refractivity contribution in [3.05, 3.63) is 53.3 Å². The molecular formula is C20H24N2O4. The van der Waals surface area contributed by atoms with Gasteiger partial charge in [-0.05, 0) is 38.5 Å². The summed E-state index contributed by atoms with van der Waals surface area (Å²) in [5, 5.41) is 9.17. The van der Waals surface area contributed by atoms with Crippen molar-refractivity contribution in [2.45, 2.75) is 38.8 Å². The first-order valence-corrected chi connectivity index (χ1v) is 8.72. The molecule has 1 fully saturated rings. The molecule has 3 rings (SSSR count). The van der Waals surface area contributed by atoms with E-state index in [1.165, 1.54) is 0 Å². The predicted molar refractivity (Wildman–Crippen MR) is 97.7 cm³/mol. The summed E-state index contributed by atoms with van der Waals surface area (Å²) < 4.78 is 7.42. The first-order chi connectivity index (χ1) is 12.4. The quantitative estimate of drug-likeness (QED) is 0.894. The van der Waals surface area contributed by atoms with Crippen LogP contribution in [0.25, 0.3) is 5.69 Å². The van der Waals surface area contributed by atoms with Crippen LogP contribution in [-0.4, -0.2) is 52.3 Å². The molecule has 1 aromatic heterocycles. The molecule has 1 N–H and O–H groups in total. The van der Waals surface area contributed by atoms with Crippen molar-refractivity contribution < 1.29 is 19.4 Å². The maximum atomic E-state index is 13.2.